The highest BCUT2D eigenvalue weighted by Crippen LogP contribution is 2.29. The van der Waals surface area contributed by atoms with Gasteiger partial charge < -0.3 is 4.74 Å². The van der Waals surface area contributed by atoms with E-state index in [0.717, 1.165) is 12.5 Å². The van der Waals surface area contributed by atoms with E-state index in [1.165, 1.54) is 30.3 Å². The van der Waals surface area contributed by atoms with Crippen molar-refractivity contribution in [3.05, 3.63) is 68.7 Å². The van der Waals surface area contributed by atoms with E-state index in [1.807, 2.05) is 6.92 Å². The molecule has 3 rings (SSSR count). The number of anilines is 1. The maximum Gasteiger partial charge on any atom is 0.335 e. The summed E-state index contributed by atoms with van der Waals surface area (Å²) in [4.78, 5) is 48.6. The summed E-state index contributed by atoms with van der Waals surface area (Å²) in [6.45, 7) is 2.34. The highest BCUT2D eigenvalue weighted by molar-refractivity contribution is 6.39. The molecule has 1 fully saturated rings. The highest BCUT2D eigenvalue weighted by atomic mass is 35.5. The van der Waals surface area contributed by atoms with Crippen molar-refractivity contribution in [3.63, 3.8) is 0 Å². The second-order valence-corrected chi connectivity index (χ2v) is 6.70. The molecule has 154 valence electrons. The van der Waals surface area contributed by atoms with Crippen molar-refractivity contribution in [2.75, 3.05) is 11.5 Å². The van der Waals surface area contributed by atoms with Crippen LogP contribution in [-0.2, 0) is 9.59 Å². The zero-order valence-corrected chi connectivity index (χ0v) is 16.5. The lowest BCUT2D eigenvalue weighted by atomic mass is 10.1. The Morgan fingerprint density at radius 2 is 1.97 bits per heavy atom. The molecule has 0 aliphatic carbocycles. The number of nitro groups is 1. The summed E-state index contributed by atoms with van der Waals surface area (Å²) in [7, 11) is 0. The monoisotopic (exact) mass is 429 g/mol. The molecule has 0 unspecified atom stereocenters. The highest BCUT2D eigenvalue weighted by Gasteiger charge is 2.37. The van der Waals surface area contributed by atoms with Crippen LogP contribution in [0.2, 0.25) is 5.02 Å². The van der Waals surface area contributed by atoms with Gasteiger partial charge in [0.1, 0.15) is 11.3 Å². The van der Waals surface area contributed by atoms with Crippen LogP contribution in [0.3, 0.4) is 0 Å². The van der Waals surface area contributed by atoms with Gasteiger partial charge in [0.2, 0.25) is 0 Å². The minimum absolute atomic E-state index is 0.0429. The number of amides is 4. The van der Waals surface area contributed by atoms with Gasteiger partial charge in [0.05, 0.1) is 17.2 Å². The first-order valence-electron chi connectivity index (χ1n) is 8.90. The van der Waals surface area contributed by atoms with E-state index in [-0.39, 0.29) is 16.9 Å². The first kappa shape index (κ1) is 21.0. The molecule has 0 saturated carbocycles. The van der Waals surface area contributed by atoms with Crippen molar-refractivity contribution in [2.24, 2.45) is 0 Å². The Hall–Kier alpha value is -3.72. The van der Waals surface area contributed by atoms with Gasteiger partial charge in [-0.25, -0.2) is 9.69 Å². The number of nitrogens with one attached hydrogen (secondary N) is 1. The summed E-state index contributed by atoms with van der Waals surface area (Å²) in [5.74, 6) is -1.41. The van der Waals surface area contributed by atoms with E-state index in [0.29, 0.717) is 27.8 Å². The van der Waals surface area contributed by atoms with Crippen LogP contribution in [0.25, 0.3) is 6.08 Å². The number of barbiturate groups is 1. The second-order valence-electron chi connectivity index (χ2n) is 6.27. The normalized spacial score (nSPS) is 15.3. The molecule has 2 aromatic rings. The standard InChI is InChI=1S/C20H16ClN3O6/c1-2-8-30-17-7-6-13(21)9-12(17)10-16-18(25)22-20(27)23(19(16)26)14-4-3-5-15(11-14)24(28)29/h3-7,9-11H,2,8H2,1H3,(H,22,25,27)/b16-10+. The Bertz CT molecular complexity index is 1080. The molecular formula is C20H16ClN3O6. The number of imide groups is 2. The number of nitro benzene ring substituents is 1. The Kier molecular flexibility index (Phi) is 6.12. The topological polar surface area (TPSA) is 119 Å². The summed E-state index contributed by atoms with van der Waals surface area (Å²) in [6.07, 6.45) is 2.01. The minimum atomic E-state index is -1.00. The fourth-order valence-corrected chi connectivity index (χ4v) is 2.95. The summed E-state index contributed by atoms with van der Waals surface area (Å²) < 4.78 is 5.63. The Balaban J connectivity index is 2.04. The van der Waals surface area contributed by atoms with Crippen molar-refractivity contribution >= 4 is 46.9 Å². The average Bonchev–Trinajstić information content (AvgIpc) is 2.70. The van der Waals surface area contributed by atoms with Gasteiger partial charge in [0.15, 0.2) is 0 Å². The van der Waals surface area contributed by atoms with Gasteiger partial charge in [-0.1, -0.05) is 24.6 Å². The van der Waals surface area contributed by atoms with E-state index in [2.05, 4.69) is 5.32 Å². The Labute approximate surface area is 176 Å². The number of ether oxygens (including phenoxy) is 1. The lowest BCUT2D eigenvalue weighted by Crippen LogP contribution is -2.54. The van der Waals surface area contributed by atoms with Gasteiger partial charge in [-0.2, -0.15) is 0 Å². The van der Waals surface area contributed by atoms with E-state index in [4.69, 9.17) is 16.3 Å². The molecule has 4 amide bonds. The van der Waals surface area contributed by atoms with Crippen LogP contribution in [0, 0.1) is 10.1 Å². The molecule has 0 spiro atoms. The van der Waals surface area contributed by atoms with Gasteiger partial charge in [0, 0.05) is 22.7 Å². The van der Waals surface area contributed by atoms with Crippen molar-refractivity contribution in [2.45, 2.75) is 13.3 Å². The molecular weight excluding hydrogens is 414 g/mol. The molecule has 0 atom stereocenters. The maximum absolute atomic E-state index is 13.0. The van der Waals surface area contributed by atoms with Crippen molar-refractivity contribution in [1.82, 2.24) is 5.32 Å². The zero-order valence-electron chi connectivity index (χ0n) is 15.8. The summed E-state index contributed by atoms with van der Waals surface area (Å²) in [5, 5.41) is 13.5. The molecule has 30 heavy (non-hydrogen) atoms. The van der Waals surface area contributed by atoms with Crippen molar-refractivity contribution < 1.29 is 24.0 Å². The molecule has 10 heteroatoms. The third-order valence-electron chi connectivity index (χ3n) is 4.13. The van der Waals surface area contributed by atoms with Crippen LogP contribution in [0.15, 0.2) is 48.0 Å². The molecule has 1 heterocycles. The minimum Gasteiger partial charge on any atom is -0.493 e. The largest absolute Gasteiger partial charge is 0.493 e. The first-order valence-corrected chi connectivity index (χ1v) is 9.28. The van der Waals surface area contributed by atoms with Crippen LogP contribution >= 0.6 is 11.6 Å². The van der Waals surface area contributed by atoms with Gasteiger partial charge in [-0.05, 0) is 36.8 Å². The number of carbonyl (C=O) groups excluding carboxylic acids is 3. The number of non-ortho nitro benzene ring substituents is 1. The second kappa shape index (κ2) is 8.75. The third-order valence-corrected chi connectivity index (χ3v) is 4.37. The van der Waals surface area contributed by atoms with Crippen LogP contribution in [-0.4, -0.2) is 29.4 Å². The number of hydrogen-bond donors (Lipinski definition) is 1. The molecule has 9 nitrogen and oxygen atoms in total. The molecule has 1 saturated heterocycles. The molecule has 1 aliphatic rings. The zero-order chi connectivity index (χ0) is 21.8. The number of rotatable bonds is 6. The van der Waals surface area contributed by atoms with Gasteiger partial charge in [-0.15, -0.1) is 0 Å². The molecule has 0 aromatic heterocycles. The lowest BCUT2D eigenvalue weighted by molar-refractivity contribution is -0.384. The van der Waals surface area contributed by atoms with Crippen LogP contribution < -0.4 is 15.0 Å². The van der Waals surface area contributed by atoms with Gasteiger partial charge in [0.25, 0.3) is 17.5 Å². The average molecular weight is 430 g/mol. The fraction of sp³-hybridized carbons (Fsp3) is 0.150. The van der Waals surface area contributed by atoms with Gasteiger partial charge in [-0.3, -0.25) is 25.0 Å². The predicted molar refractivity (Wildman–Crippen MR) is 109 cm³/mol. The molecule has 2 aromatic carbocycles. The van der Waals surface area contributed by atoms with E-state index in [1.54, 1.807) is 12.1 Å². The first-order chi connectivity index (χ1) is 14.3. The number of urea groups is 1. The maximum atomic E-state index is 13.0. The smallest absolute Gasteiger partial charge is 0.335 e. The van der Waals surface area contributed by atoms with Crippen LogP contribution in [0.5, 0.6) is 5.75 Å². The summed E-state index contributed by atoms with van der Waals surface area (Å²) in [6, 6.07) is 8.72. The number of benzene rings is 2. The molecule has 1 N–H and O–H groups in total. The van der Waals surface area contributed by atoms with Crippen LogP contribution in [0.1, 0.15) is 18.9 Å². The number of halogens is 1. The van der Waals surface area contributed by atoms with Crippen molar-refractivity contribution in [1.29, 1.82) is 0 Å². The van der Waals surface area contributed by atoms with Crippen molar-refractivity contribution in [3.8, 4) is 5.75 Å². The summed E-state index contributed by atoms with van der Waals surface area (Å²) >= 11 is 6.04. The van der Waals surface area contributed by atoms with E-state index in [9.17, 15) is 24.5 Å². The van der Waals surface area contributed by atoms with Gasteiger partial charge >= 0.3 is 6.03 Å². The quantitative estimate of drug-likeness (QED) is 0.323. The van der Waals surface area contributed by atoms with E-state index < -0.39 is 22.8 Å². The SMILES string of the molecule is CCCOc1ccc(Cl)cc1/C=C1\C(=O)NC(=O)N(c2cccc([N+](=O)[O-])c2)C1=O. The number of nitrogens with zero attached hydrogens (tertiary/aromatic N) is 2. The predicted octanol–water partition coefficient (Wildman–Crippen LogP) is 3.70. The number of carbonyl (C=O) groups is 3. The Morgan fingerprint density at radius 3 is 2.67 bits per heavy atom. The Morgan fingerprint density at radius 1 is 1.20 bits per heavy atom. The number of hydrogen-bond acceptors (Lipinski definition) is 6. The van der Waals surface area contributed by atoms with Crippen LogP contribution in [0.4, 0.5) is 16.2 Å². The lowest BCUT2D eigenvalue weighted by Gasteiger charge is -2.26. The van der Waals surface area contributed by atoms with E-state index >= 15 is 0 Å². The molecule has 1 aliphatic heterocycles. The molecule has 0 bridgehead atoms. The fourth-order valence-electron chi connectivity index (χ4n) is 2.77. The third kappa shape index (κ3) is 4.31. The summed E-state index contributed by atoms with van der Waals surface area (Å²) in [5.41, 5.74) is -0.313. The molecule has 0 radical (unpaired) electrons.